The number of amides is 1. The number of nitrogens with one attached hydrogen (secondary N) is 2. The summed E-state index contributed by atoms with van der Waals surface area (Å²) >= 11 is 1.33. The van der Waals surface area contributed by atoms with Crippen molar-refractivity contribution in [3.8, 4) is 11.4 Å². The minimum absolute atomic E-state index is 0.00672. The summed E-state index contributed by atoms with van der Waals surface area (Å²) in [6.07, 6.45) is 0. The van der Waals surface area contributed by atoms with Gasteiger partial charge in [-0.15, -0.1) is 5.10 Å². The molecule has 0 fully saturated rings. The molecule has 0 radical (unpaired) electrons. The fourth-order valence-corrected chi connectivity index (χ4v) is 2.24. The number of hydrogen-bond acceptors (Lipinski definition) is 4. The van der Waals surface area contributed by atoms with Crippen molar-refractivity contribution in [1.82, 2.24) is 20.5 Å². The highest BCUT2D eigenvalue weighted by Crippen LogP contribution is 2.18. The zero-order chi connectivity index (χ0) is 15.2. The smallest absolute Gasteiger partial charge is 0.230 e. The van der Waals surface area contributed by atoms with Gasteiger partial charge in [-0.2, -0.15) is 0 Å². The Hall–Kier alpha value is -1.82. The minimum Gasteiger partial charge on any atom is -0.353 e. The summed E-state index contributed by atoms with van der Waals surface area (Å²) in [5, 5.41) is 10.6. The van der Waals surface area contributed by atoms with Crippen LogP contribution in [0.3, 0.4) is 0 Å². The molecule has 0 unspecified atom stereocenters. The van der Waals surface area contributed by atoms with Crippen LogP contribution in [0.2, 0.25) is 0 Å². The third kappa shape index (κ3) is 4.60. The van der Waals surface area contributed by atoms with E-state index in [0.29, 0.717) is 22.7 Å². The number of benzene rings is 1. The average Bonchev–Trinajstić information content (AvgIpc) is 2.95. The molecule has 1 aromatic carbocycles. The van der Waals surface area contributed by atoms with Crippen molar-refractivity contribution in [2.45, 2.75) is 32.0 Å². The molecule has 21 heavy (non-hydrogen) atoms. The van der Waals surface area contributed by atoms with Crippen LogP contribution in [0.25, 0.3) is 11.4 Å². The lowest BCUT2D eigenvalue weighted by molar-refractivity contribution is -0.119. The highest BCUT2D eigenvalue weighted by molar-refractivity contribution is 7.99. The summed E-state index contributed by atoms with van der Waals surface area (Å²) in [5.41, 5.74) is 0.981. The SMILES string of the molecule is CC(C)[C@H](C)NC(=O)CSc1n[nH]c(-c2ccccc2)n1. The molecule has 0 spiro atoms. The Morgan fingerprint density at radius 3 is 2.67 bits per heavy atom. The van der Waals surface area contributed by atoms with Gasteiger partial charge in [0.25, 0.3) is 0 Å². The van der Waals surface area contributed by atoms with Gasteiger partial charge in [-0.3, -0.25) is 9.89 Å². The molecule has 2 aromatic rings. The van der Waals surface area contributed by atoms with Crippen LogP contribution in [0.4, 0.5) is 0 Å². The summed E-state index contributed by atoms with van der Waals surface area (Å²) in [6.45, 7) is 6.17. The summed E-state index contributed by atoms with van der Waals surface area (Å²) in [5.74, 6) is 1.47. The molecule has 0 saturated carbocycles. The molecule has 0 aliphatic rings. The molecule has 2 N–H and O–H groups in total. The molecule has 0 bridgehead atoms. The van der Waals surface area contributed by atoms with Gasteiger partial charge in [0.05, 0.1) is 5.75 Å². The van der Waals surface area contributed by atoms with E-state index in [4.69, 9.17) is 0 Å². The minimum atomic E-state index is 0.00672. The second-order valence-corrected chi connectivity index (χ2v) is 6.16. The third-order valence-electron chi connectivity index (χ3n) is 3.23. The Bertz CT molecular complexity index is 582. The van der Waals surface area contributed by atoms with Crippen LogP contribution in [0.5, 0.6) is 0 Å². The number of aromatic amines is 1. The monoisotopic (exact) mass is 304 g/mol. The fraction of sp³-hybridized carbons (Fsp3) is 0.400. The Balaban J connectivity index is 1.87. The van der Waals surface area contributed by atoms with Gasteiger partial charge in [-0.1, -0.05) is 55.9 Å². The summed E-state index contributed by atoms with van der Waals surface area (Å²) in [4.78, 5) is 16.2. The highest BCUT2D eigenvalue weighted by atomic mass is 32.2. The van der Waals surface area contributed by atoms with E-state index in [-0.39, 0.29) is 11.9 Å². The van der Waals surface area contributed by atoms with Gasteiger partial charge in [-0.05, 0) is 12.8 Å². The quantitative estimate of drug-likeness (QED) is 0.805. The Morgan fingerprint density at radius 2 is 2.00 bits per heavy atom. The Kier molecular flexibility index (Phi) is 5.38. The number of carbonyl (C=O) groups excluding carboxylic acids is 1. The van der Waals surface area contributed by atoms with Gasteiger partial charge in [0.15, 0.2) is 5.82 Å². The van der Waals surface area contributed by atoms with Gasteiger partial charge in [-0.25, -0.2) is 4.98 Å². The van der Waals surface area contributed by atoms with E-state index in [1.54, 1.807) is 0 Å². The van der Waals surface area contributed by atoms with Crippen LogP contribution < -0.4 is 5.32 Å². The first-order valence-electron chi connectivity index (χ1n) is 6.96. The number of hydrogen-bond donors (Lipinski definition) is 2. The maximum atomic E-state index is 11.8. The average molecular weight is 304 g/mol. The van der Waals surface area contributed by atoms with E-state index >= 15 is 0 Å². The van der Waals surface area contributed by atoms with Gasteiger partial charge in [0.1, 0.15) is 0 Å². The van der Waals surface area contributed by atoms with Crippen molar-refractivity contribution in [1.29, 1.82) is 0 Å². The molecule has 112 valence electrons. The molecule has 1 heterocycles. The first-order chi connectivity index (χ1) is 10.1. The standard InChI is InChI=1S/C15H20N4OS/c1-10(2)11(3)16-13(20)9-21-15-17-14(18-19-15)12-7-5-4-6-8-12/h4-8,10-11H,9H2,1-3H3,(H,16,20)(H,17,18,19)/t11-/m0/s1. The Labute approximate surface area is 128 Å². The van der Waals surface area contributed by atoms with Crippen LogP contribution >= 0.6 is 11.8 Å². The van der Waals surface area contributed by atoms with E-state index in [1.165, 1.54) is 11.8 Å². The van der Waals surface area contributed by atoms with E-state index in [9.17, 15) is 4.79 Å². The lowest BCUT2D eigenvalue weighted by Crippen LogP contribution is -2.37. The highest BCUT2D eigenvalue weighted by Gasteiger charge is 2.12. The molecule has 5 nitrogen and oxygen atoms in total. The zero-order valence-corrected chi connectivity index (χ0v) is 13.3. The second-order valence-electron chi connectivity index (χ2n) is 5.22. The lowest BCUT2D eigenvalue weighted by atomic mass is 10.1. The molecule has 0 aliphatic heterocycles. The molecule has 1 atom stereocenters. The van der Waals surface area contributed by atoms with Gasteiger partial charge in [0, 0.05) is 11.6 Å². The van der Waals surface area contributed by atoms with Crippen molar-refractivity contribution < 1.29 is 4.79 Å². The van der Waals surface area contributed by atoms with E-state index in [0.717, 1.165) is 5.56 Å². The maximum absolute atomic E-state index is 11.8. The van der Waals surface area contributed by atoms with Crippen molar-refractivity contribution in [2.75, 3.05) is 5.75 Å². The van der Waals surface area contributed by atoms with Crippen LogP contribution in [0.15, 0.2) is 35.5 Å². The van der Waals surface area contributed by atoms with Crippen molar-refractivity contribution in [2.24, 2.45) is 5.92 Å². The number of H-pyrrole nitrogens is 1. The van der Waals surface area contributed by atoms with Crippen LogP contribution in [-0.2, 0) is 4.79 Å². The van der Waals surface area contributed by atoms with Crippen LogP contribution in [0, 0.1) is 5.92 Å². The van der Waals surface area contributed by atoms with E-state index in [1.807, 2.05) is 37.3 Å². The summed E-state index contributed by atoms with van der Waals surface area (Å²) < 4.78 is 0. The van der Waals surface area contributed by atoms with Gasteiger partial charge in [0.2, 0.25) is 11.1 Å². The number of carbonyl (C=O) groups is 1. The first-order valence-corrected chi connectivity index (χ1v) is 7.95. The van der Waals surface area contributed by atoms with Crippen molar-refractivity contribution in [3.63, 3.8) is 0 Å². The van der Waals surface area contributed by atoms with Gasteiger partial charge < -0.3 is 5.32 Å². The number of nitrogens with zero attached hydrogens (tertiary/aromatic N) is 2. The van der Waals surface area contributed by atoms with E-state index < -0.39 is 0 Å². The largest absolute Gasteiger partial charge is 0.353 e. The first kappa shape index (κ1) is 15.6. The molecule has 6 heteroatoms. The topological polar surface area (TPSA) is 70.7 Å². The Morgan fingerprint density at radius 1 is 1.29 bits per heavy atom. The number of aromatic nitrogens is 3. The van der Waals surface area contributed by atoms with Crippen LogP contribution in [-0.4, -0.2) is 32.9 Å². The zero-order valence-electron chi connectivity index (χ0n) is 12.5. The van der Waals surface area contributed by atoms with E-state index in [2.05, 4.69) is 34.3 Å². The second kappa shape index (κ2) is 7.26. The predicted molar refractivity (Wildman–Crippen MR) is 85.0 cm³/mol. The maximum Gasteiger partial charge on any atom is 0.230 e. The van der Waals surface area contributed by atoms with Crippen molar-refractivity contribution >= 4 is 17.7 Å². The summed E-state index contributed by atoms with van der Waals surface area (Å²) in [6, 6.07) is 9.95. The molecule has 0 aliphatic carbocycles. The molecule has 0 saturated heterocycles. The van der Waals surface area contributed by atoms with Gasteiger partial charge >= 0.3 is 0 Å². The lowest BCUT2D eigenvalue weighted by Gasteiger charge is -2.16. The normalized spacial score (nSPS) is 12.4. The number of thioether (sulfide) groups is 1. The molecular weight excluding hydrogens is 284 g/mol. The predicted octanol–water partition coefficient (Wildman–Crippen LogP) is 2.72. The third-order valence-corrected chi connectivity index (χ3v) is 4.08. The fourth-order valence-electron chi connectivity index (χ4n) is 1.63. The molecule has 2 rings (SSSR count). The van der Waals surface area contributed by atoms with Crippen LogP contribution in [0.1, 0.15) is 20.8 Å². The molecular formula is C15H20N4OS. The molecule has 1 amide bonds. The summed E-state index contributed by atoms with van der Waals surface area (Å²) in [7, 11) is 0. The van der Waals surface area contributed by atoms with Crippen molar-refractivity contribution in [3.05, 3.63) is 30.3 Å². The molecule has 1 aromatic heterocycles. The number of rotatable bonds is 6.